The van der Waals surface area contributed by atoms with Crippen molar-refractivity contribution in [3.05, 3.63) is 76.6 Å². The minimum atomic E-state index is -0.213. The summed E-state index contributed by atoms with van der Waals surface area (Å²) in [6.45, 7) is 0.625. The number of carbonyl (C=O) groups is 1. The maximum absolute atomic E-state index is 12.4. The number of amides is 1. The Morgan fingerprint density at radius 3 is 2.96 bits per heavy atom. The monoisotopic (exact) mass is 367 g/mol. The van der Waals surface area contributed by atoms with Gasteiger partial charge in [-0.3, -0.25) is 14.5 Å². The number of benzene rings is 1. The van der Waals surface area contributed by atoms with Crippen LogP contribution in [0, 0.1) is 0 Å². The van der Waals surface area contributed by atoms with Crippen molar-refractivity contribution >= 4 is 17.5 Å². The van der Waals surface area contributed by atoms with Crippen LogP contribution in [0.1, 0.15) is 46.2 Å². The normalized spacial score (nSPS) is 16.1. The summed E-state index contributed by atoms with van der Waals surface area (Å²) in [5.41, 5.74) is 3.58. The van der Waals surface area contributed by atoms with Crippen LogP contribution in [0.25, 0.3) is 0 Å². The Morgan fingerprint density at radius 2 is 2.15 bits per heavy atom. The number of fused-ring (bicyclic) bond motifs is 1. The van der Waals surface area contributed by atoms with Crippen LogP contribution in [-0.2, 0) is 13.0 Å². The van der Waals surface area contributed by atoms with E-state index in [0.717, 1.165) is 41.1 Å². The lowest BCUT2D eigenvalue weighted by Crippen LogP contribution is -2.31. The van der Waals surface area contributed by atoms with Gasteiger partial charge in [0.05, 0.1) is 25.0 Å². The van der Waals surface area contributed by atoms with Crippen molar-refractivity contribution in [1.29, 1.82) is 0 Å². The molecule has 0 bridgehead atoms. The van der Waals surface area contributed by atoms with Crippen molar-refractivity contribution in [3.8, 4) is 0 Å². The third kappa shape index (κ3) is 3.32. The fourth-order valence-electron chi connectivity index (χ4n) is 3.34. The SMILES string of the molecule is O=C(NC1CCCc2c1cnn2Cc1ccccc1Cl)c1cnccn1. The highest BCUT2D eigenvalue weighted by molar-refractivity contribution is 6.31. The molecule has 1 aliphatic carbocycles. The quantitative estimate of drug-likeness (QED) is 0.768. The van der Waals surface area contributed by atoms with E-state index in [2.05, 4.69) is 20.4 Å². The van der Waals surface area contributed by atoms with E-state index in [1.165, 1.54) is 12.4 Å². The van der Waals surface area contributed by atoms with Gasteiger partial charge in [-0.25, -0.2) is 4.98 Å². The van der Waals surface area contributed by atoms with Gasteiger partial charge in [-0.1, -0.05) is 29.8 Å². The van der Waals surface area contributed by atoms with Gasteiger partial charge in [0.1, 0.15) is 5.69 Å². The lowest BCUT2D eigenvalue weighted by atomic mass is 9.92. The summed E-state index contributed by atoms with van der Waals surface area (Å²) >= 11 is 6.28. The average molecular weight is 368 g/mol. The second-order valence-corrected chi connectivity index (χ2v) is 6.71. The molecule has 0 spiro atoms. The van der Waals surface area contributed by atoms with E-state index in [9.17, 15) is 4.79 Å². The van der Waals surface area contributed by atoms with Gasteiger partial charge in [-0.05, 0) is 30.9 Å². The van der Waals surface area contributed by atoms with Crippen LogP contribution < -0.4 is 5.32 Å². The molecule has 6 nitrogen and oxygen atoms in total. The Morgan fingerprint density at radius 1 is 1.27 bits per heavy atom. The Hall–Kier alpha value is -2.73. The molecule has 1 aliphatic rings. The summed E-state index contributed by atoms with van der Waals surface area (Å²) in [5, 5.41) is 8.34. The van der Waals surface area contributed by atoms with E-state index in [4.69, 9.17) is 11.6 Å². The molecule has 0 fully saturated rings. The van der Waals surface area contributed by atoms with Crippen LogP contribution in [0.3, 0.4) is 0 Å². The number of aromatic nitrogens is 4. The maximum Gasteiger partial charge on any atom is 0.271 e. The smallest absolute Gasteiger partial charge is 0.271 e. The molecule has 1 amide bonds. The largest absolute Gasteiger partial charge is 0.344 e. The molecule has 0 radical (unpaired) electrons. The van der Waals surface area contributed by atoms with E-state index in [1.54, 1.807) is 6.20 Å². The molecule has 4 rings (SSSR count). The van der Waals surface area contributed by atoms with Gasteiger partial charge in [0.2, 0.25) is 0 Å². The Balaban J connectivity index is 1.55. The van der Waals surface area contributed by atoms with E-state index >= 15 is 0 Å². The Bertz CT molecular complexity index is 925. The van der Waals surface area contributed by atoms with Crippen molar-refractivity contribution in [2.45, 2.75) is 31.8 Å². The summed E-state index contributed by atoms with van der Waals surface area (Å²) in [6.07, 6.45) is 9.21. The number of halogens is 1. The molecule has 1 aromatic carbocycles. The average Bonchev–Trinajstić information content (AvgIpc) is 3.08. The summed E-state index contributed by atoms with van der Waals surface area (Å²) in [7, 11) is 0. The highest BCUT2D eigenvalue weighted by Crippen LogP contribution is 2.30. The van der Waals surface area contributed by atoms with Crippen LogP contribution in [-0.4, -0.2) is 25.7 Å². The predicted molar refractivity (Wildman–Crippen MR) is 98.0 cm³/mol. The van der Waals surface area contributed by atoms with E-state index in [0.29, 0.717) is 12.2 Å². The maximum atomic E-state index is 12.4. The van der Waals surface area contributed by atoms with Crippen molar-refractivity contribution < 1.29 is 4.79 Å². The number of hydrogen-bond donors (Lipinski definition) is 1. The summed E-state index contributed by atoms with van der Waals surface area (Å²) in [4.78, 5) is 20.4. The van der Waals surface area contributed by atoms with Gasteiger partial charge in [0.25, 0.3) is 5.91 Å². The van der Waals surface area contributed by atoms with E-state index < -0.39 is 0 Å². The minimum Gasteiger partial charge on any atom is -0.344 e. The third-order valence-corrected chi connectivity index (χ3v) is 5.01. The molecule has 1 atom stereocenters. The minimum absolute atomic E-state index is 0.0618. The van der Waals surface area contributed by atoms with Crippen LogP contribution >= 0.6 is 11.6 Å². The van der Waals surface area contributed by atoms with Gasteiger partial charge in [-0.2, -0.15) is 5.10 Å². The van der Waals surface area contributed by atoms with Crippen molar-refractivity contribution in [1.82, 2.24) is 25.1 Å². The van der Waals surface area contributed by atoms with Gasteiger partial charge in [0, 0.05) is 28.7 Å². The molecule has 1 N–H and O–H groups in total. The topological polar surface area (TPSA) is 72.7 Å². The van der Waals surface area contributed by atoms with Gasteiger partial charge in [-0.15, -0.1) is 0 Å². The molecule has 7 heteroatoms. The zero-order chi connectivity index (χ0) is 17.9. The fourth-order valence-corrected chi connectivity index (χ4v) is 3.54. The van der Waals surface area contributed by atoms with Crippen molar-refractivity contribution in [3.63, 3.8) is 0 Å². The second kappa shape index (κ2) is 7.25. The molecule has 1 unspecified atom stereocenters. The second-order valence-electron chi connectivity index (χ2n) is 6.30. The molecule has 0 saturated heterocycles. The molecule has 2 heterocycles. The fraction of sp³-hybridized carbons (Fsp3) is 0.263. The molecule has 132 valence electrons. The number of hydrogen-bond acceptors (Lipinski definition) is 4. The van der Waals surface area contributed by atoms with Crippen LogP contribution in [0.4, 0.5) is 0 Å². The first-order chi connectivity index (χ1) is 12.7. The first-order valence-electron chi connectivity index (χ1n) is 8.57. The number of carbonyl (C=O) groups excluding carboxylic acids is 1. The first-order valence-corrected chi connectivity index (χ1v) is 8.95. The summed E-state index contributed by atoms with van der Waals surface area (Å²) < 4.78 is 1.98. The molecule has 0 aliphatic heterocycles. The highest BCUT2D eigenvalue weighted by Gasteiger charge is 2.26. The summed E-state index contributed by atoms with van der Waals surface area (Å²) in [5.74, 6) is -0.213. The highest BCUT2D eigenvalue weighted by atomic mass is 35.5. The zero-order valence-corrected chi connectivity index (χ0v) is 14.9. The lowest BCUT2D eigenvalue weighted by Gasteiger charge is -2.24. The summed E-state index contributed by atoms with van der Waals surface area (Å²) in [6, 6.07) is 7.72. The lowest BCUT2D eigenvalue weighted by molar-refractivity contribution is 0.0927. The van der Waals surface area contributed by atoms with Crippen LogP contribution in [0.15, 0.2) is 49.1 Å². The third-order valence-electron chi connectivity index (χ3n) is 4.64. The molecular formula is C19H18ClN5O. The molecule has 2 aromatic heterocycles. The standard InChI is InChI=1S/C19H18ClN5O/c20-15-5-2-1-4-13(15)12-25-18-7-3-6-16(14(18)10-23-25)24-19(26)17-11-21-8-9-22-17/h1-2,4-5,8-11,16H,3,6-7,12H2,(H,24,26). The zero-order valence-electron chi connectivity index (χ0n) is 14.1. The van der Waals surface area contributed by atoms with E-state index in [-0.39, 0.29) is 11.9 Å². The molecular weight excluding hydrogens is 350 g/mol. The first kappa shape index (κ1) is 16.7. The van der Waals surface area contributed by atoms with Crippen LogP contribution in [0.5, 0.6) is 0 Å². The predicted octanol–water partition coefficient (Wildman–Crippen LogP) is 3.18. The number of nitrogens with one attached hydrogen (secondary N) is 1. The van der Waals surface area contributed by atoms with Gasteiger partial charge in [0.15, 0.2) is 0 Å². The van der Waals surface area contributed by atoms with Crippen molar-refractivity contribution in [2.24, 2.45) is 0 Å². The number of rotatable bonds is 4. The Labute approximate surface area is 156 Å². The van der Waals surface area contributed by atoms with Crippen LogP contribution in [0.2, 0.25) is 5.02 Å². The van der Waals surface area contributed by atoms with Gasteiger partial charge >= 0.3 is 0 Å². The number of nitrogens with zero attached hydrogens (tertiary/aromatic N) is 4. The molecule has 0 saturated carbocycles. The Kier molecular flexibility index (Phi) is 4.67. The van der Waals surface area contributed by atoms with Gasteiger partial charge < -0.3 is 5.32 Å². The molecule has 3 aromatic rings. The van der Waals surface area contributed by atoms with E-state index in [1.807, 2.05) is 35.1 Å². The van der Waals surface area contributed by atoms with Crippen molar-refractivity contribution in [2.75, 3.05) is 0 Å². The molecule has 26 heavy (non-hydrogen) atoms.